The molecule has 7 heteroatoms. The largest absolute Gasteiger partial charge is 0.457 e. The van der Waals surface area contributed by atoms with Gasteiger partial charge in [-0.1, -0.05) is 54.6 Å². The summed E-state index contributed by atoms with van der Waals surface area (Å²) in [5.74, 6) is -0.515. The molecule has 0 N–H and O–H groups in total. The van der Waals surface area contributed by atoms with E-state index in [4.69, 9.17) is 23.7 Å². The van der Waals surface area contributed by atoms with Gasteiger partial charge in [0.05, 0.1) is 26.4 Å². The monoisotopic (exact) mass is 470 g/mol. The molecule has 2 aliphatic heterocycles. The van der Waals surface area contributed by atoms with Crippen LogP contribution in [0.4, 0.5) is 4.39 Å². The van der Waals surface area contributed by atoms with Crippen molar-refractivity contribution in [2.75, 3.05) is 13.2 Å². The van der Waals surface area contributed by atoms with E-state index < -0.39 is 36.7 Å². The van der Waals surface area contributed by atoms with Crippen LogP contribution in [0.15, 0.2) is 61.2 Å². The van der Waals surface area contributed by atoms with E-state index in [1.165, 1.54) is 18.6 Å². The van der Waals surface area contributed by atoms with Gasteiger partial charge in [-0.05, 0) is 35.1 Å². The molecular formula is C27H31FO6. The summed E-state index contributed by atoms with van der Waals surface area (Å²) in [5, 5.41) is 0. The Bertz CT molecular complexity index is 979. The Balaban J connectivity index is 1.69. The Morgan fingerprint density at radius 1 is 1.03 bits per heavy atom. The predicted octanol–water partition coefficient (Wildman–Crippen LogP) is 4.08. The van der Waals surface area contributed by atoms with Crippen molar-refractivity contribution in [3.05, 3.63) is 83.4 Å². The molecule has 0 amide bonds. The molecule has 34 heavy (non-hydrogen) atoms. The molecule has 0 radical (unpaired) electrons. The molecule has 182 valence electrons. The van der Waals surface area contributed by atoms with Crippen molar-refractivity contribution in [2.24, 2.45) is 0 Å². The smallest absolute Gasteiger partial charge is 0.303 e. The van der Waals surface area contributed by atoms with Gasteiger partial charge in [-0.25, -0.2) is 4.39 Å². The first-order valence-corrected chi connectivity index (χ1v) is 11.6. The fraction of sp³-hybridized carbons (Fsp3) is 0.444. The maximum Gasteiger partial charge on any atom is 0.303 e. The summed E-state index contributed by atoms with van der Waals surface area (Å²) < 4.78 is 44.2. The van der Waals surface area contributed by atoms with E-state index in [0.717, 1.165) is 29.5 Å². The van der Waals surface area contributed by atoms with E-state index in [0.29, 0.717) is 6.61 Å². The first-order chi connectivity index (χ1) is 16.6. The standard InChI is InChI=1S/C27H31FO6/c1-3-14-31-26-25-24(33-18(2)29)23(34-27(26)28)17-30-15-21-10-6-4-8-19(21)12-13-20-9-5-7-11-22(20)16-32-25/h3-11,23-27H,1,12-17H2,2H3/t23-,24-,25+,26-,27?/m1/s1. The second-order valence-electron chi connectivity index (χ2n) is 8.51. The lowest BCUT2D eigenvalue weighted by molar-refractivity contribution is -0.288. The van der Waals surface area contributed by atoms with Crippen LogP contribution in [-0.2, 0) is 54.5 Å². The van der Waals surface area contributed by atoms with E-state index >= 15 is 4.39 Å². The number of halogens is 1. The maximum absolute atomic E-state index is 15.2. The summed E-state index contributed by atoms with van der Waals surface area (Å²) in [5.41, 5.74) is 4.39. The van der Waals surface area contributed by atoms with Crippen LogP contribution in [0.2, 0.25) is 0 Å². The molecule has 5 atom stereocenters. The second kappa shape index (κ2) is 11.7. The van der Waals surface area contributed by atoms with Crippen molar-refractivity contribution in [2.45, 2.75) is 63.8 Å². The lowest BCUT2D eigenvalue weighted by atomic mass is 9.96. The summed E-state index contributed by atoms with van der Waals surface area (Å²) in [6.07, 6.45) is -2.29. The Labute approximate surface area is 199 Å². The zero-order valence-electron chi connectivity index (χ0n) is 19.4. The third-order valence-electron chi connectivity index (χ3n) is 6.16. The SMILES string of the molecule is C=CCO[C@H]1C(F)O[C@@H]2COCc3ccccc3CCc3ccccc3CO[C@H]1[C@@H]2OC(C)=O. The van der Waals surface area contributed by atoms with Crippen LogP contribution in [0, 0.1) is 0 Å². The van der Waals surface area contributed by atoms with E-state index in [2.05, 4.69) is 18.7 Å². The molecule has 6 nitrogen and oxygen atoms in total. The van der Waals surface area contributed by atoms with Crippen LogP contribution >= 0.6 is 0 Å². The summed E-state index contributed by atoms with van der Waals surface area (Å²) in [6, 6.07) is 16.1. The first kappa shape index (κ1) is 24.5. The molecule has 4 rings (SSSR count). The number of alkyl halides is 1. The van der Waals surface area contributed by atoms with Gasteiger partial charge in [0.2, 0.25) is 6.36 Å². The van der Waals surface area contributed by atoms with E-state index in [1.807, 2.05) is 36.4 Å². The van der Waals surface area contributed by atoms with Gasteiger partial charge < -0.3 is 23.7 Å². The van der Waals surface area contributed by atoms with Crippen LogP contribution in [0.5, 0.6) is 0 Å². The van der Waals surface area contributed by atoms with Crippen molar-refractivity contribution in [3.8, 4) is 0 Å². The van der Waals surface area contributed by atoms with Crippen molar-refractivity contribution < 1.29 is 32.9 Å². The van der Waals surface area contributed by atoms with E-state index in [-0.39, 0.29) is 19.8 Å². The van der Waals surface area contributed by atoms with Crippen molar-refractivity contribution in [1.82, 2.24) is 0 Å². The third kappa shape index (κ3) is 5.91. The molecule has 1 fully saturated rings. The van der Waals surface area contributed by atoms with Gasteiger partial charge in [-0.2, -0.15) is 0 Å². The number of rotatable bonds is 4. The van der Waals surface area contributed by atoms with Crippen LogP contribution < -0.4 is 0 Å². The van der Waals surface area contributed by atoms with Crippen LogP contribution in [0.25, 0.3) is 0 Å². The zero-order valence-corrected chi connectivity index (χ0v) is 19.4. The highest BCUT2D eigenvalue weighted by Crippen LogP contribution is 2.31. The number of fused-ring (bicyclic) bond motifs is 4. The van der Waals surface area contributed by atoms with Gasteiger partial charge in [-0.15, -0.1) is 6.58 Å². The number of ether oxygens (including phenoxy) is 5. The predicted molar refractivity (Wildman–Crippen MR) is 124 cm³/mol. The molecule has 2 aliphatic rings. The summed E-state index contributed by atoms with van der Waals surface area (Å²) in [6.45, 7) is 5.64. The quantitative estimate of drug-likeness (QED) is 0.496. The maximum atomic E-state index is 15.2. The Kier molecular flexibility index (Phi) is 8.45. The van der Waals surface area contributed by atoms with Crippen molar-refractivity contribution in [3.63, 3.8) is 0 Å². The number of aryl methyl sites for hydroxylation is 2. The molecule has 1 saturated heterocycles. The topological polar surface area (TPSA) is 63.2 Å². The van der Waals surface area contributed by atoms with Gasteiger partial charge in [0, 0.05) is 6.92 Å². The van der Waals surface area contributed by atoms with Crippen LogP contribution in [0.1, 0.15) is 29.2 Å². The highest BCUT2D eigenvalue weighted by atomic mass is 19.1. The van der Waals surface area contributed by atoms with Gasteiger partial charge in [0.15, 0.2) is 6.10 Å². The minimum absolute atomic E-state index is 0.0390. The van der Waals surface area contributed by atoms with Crippen LogP contribution in [0.3, 0.4) is 0 Å². The number of hydrogen-bond acceptors (Lipinski definition) is 6. The first-order valence-electron chi connectivity index (χ1n) is 11.6. The fourth-order valence-corrected chi connectivity index (χ4v) is 4.50. The van der Waals surface area contributed by atoms with Gasteiger partial charge in [0.25, 0.3) is 0 Å². The lowest BCUT2D eigenvalue weighted by Gasteiger charge is -2.43. The molecule has 2 heterocycles. The molecule has 2 bridgehead atoms. The summed E-state index contributed by atoms with van der Waals surface area (Å²) in [7, 11) is 0. The second-order valence-corrected chi connectivity index (χ2v) is 8.51. The highest BCUT2D eigenvalue weighted by Gasteiger charge is 2.49. The summed E-state index contributed by atoms with van der Waals surface area (Å²) >= 11 is 0. The number of benzene rings is 2. The molecule has 2 aromatic carbocycles. The molecule has 0 saturated carbocycles. The van der Waals surface area contributed by atoms with Crippen molar-refractivity contribution in [1.29, 1.82) is 0 Å². The highest BCUT2D eigenvalue weighted by molar-refractivity contribution is 5.66. The molecule has 1 unspecified atom stereocenters. The van der Waals surface area contributed by atoms with Gasteiger partial charge >= 0.3 is 5.97 Å². The number of hydrogen-bond donors (Lipinski definition) is 0. The van der Waals surface area contributed by atoms with E-state index in [9.17, 15) is 4.79 Å². The molecule has 0 spiro atoms. The van der Waals surface area contributed by atoms with E-state index in [1.54, 1.807) is 0 Å². The number of esters is 1. The average Bonchev–Trinajstić information content (AvgIpc) is 2.83. The minimum atomic E-state index is -1.78. The van der Waals surface area contributed by atoms with Gasteiger partial charge in [-0.3, -0.25) is 4.79 Å². The number of carbonyl (C=O) groups excluding carboxylic acids is 1. The third-order valence-corrected chi connectivity index (χ3v) is 6.16. The minimum Gasteiger partial charge on any atom is -0.457 e. The Morgan fingerprint density at radius 3 is 2.26 bits per heavy atom. The fourth-order valence-electron chi connectivity index (χ4n) is 4.50. The lowest BCUT2D eigenvalue weighted by Crippen LogP contribution is -2.60. The molecule has 0 aromatic heterocycles. The van der Waals surface area contributed by atoms with Gasteiger partial charge in [0.1, 0.15) is 18.3 Å². The zero-order chi connectivity index (χ0) is 23.9. The summed E-state index contributed by atoms with van der Waals surface area (Å²) in [4.78, 5) is 12.0. The van der Waals surface area contributed by atoms with Crippen molar-refractivity contribution >= 4 is 5.97 Å². The Morgan fingerprint density at radius 2 is 1.65 bits per heavy atom. The average molecular weight is 471 g/mol. The molecule has 0 aliphatic carbocycles. The van der Waals surface area contributed by atoms with Crippen LogP contribution in [-0.4, -0.2) is 50.0 Å². The molecule has 2 aromatic rings. The molecular weight excluding hydrogens is 439 g/mol. The normalized spacial score (nSPS) is 27.5. The number of carbonyl (C=O) groups is 1. The Hall–Kier alpha value is -2.58.